The quantitative estimate of drug-likeness (QED) is 0.561. The lowest BCUT2D eigenvalue weighted by atomic mass is 10.0. The van der Waals surface area contributed by atoms with Gasteiger partial charge in [0.05, 0.1) is 10.6 Å². The monoisotopic (exact) mass is 404 g/mol. The van der Waals surface area contributed by atoms with Gasteiger partial charge in [0.2, 0.25) is 5.88 Å². The van der Waals surface area contributed by atoms with Crippen LogP contribution in [0.1, 0.15) is 42.4 Å². The first kappa shape index (κ1) is 21.4. The van der Waals surface area contributed by atoms with Gasteiger partial charge in [0.1, 0.15) is 12.2 Å². The summed E-state index contributed by atoms with van der Waals surface area (Å²) >= 11 is 6.07. The van der Waals surface area contributed by atoms with Crippen molar-refractivity contribution in [2.24, 2.45) is 0 Å². The highest BCUT2D eigenvalue weighted by atomic mass is 35.5. The summed E-state index contributed by atoms with van der Waals surface area (Å²) < 4.78 is 11.0. The number of nitrogens with two attached hydrogens (primary N) is 1. The highest BCUT2D eigenvalue weighted by molar-refractivity contribution is 6.42. The average molecular weight is 405 g/mol. The Hall–Kier alpha value is -2.93. The maximum Gasteiger partial charge on any atom is 0.359 e. The lowest BCUT2D eigenvalue weighted by Gasteiger charge is -2.19. The number of esters is 1. The number of nitrogens with zero attached hydrogens (tertiary/aromatic N) is 1. The first-order chi connectivity index (χ1) is 13.1. The lowest BCUT2D eigenvalue weighted by molar-refractivity contribution is -0.135. The SMILES string of the molecule is CNC(=O)C(=[NH2+])c1ccccc1COc1ccc(Cl)c(C(=O)OC(C)(C)C)n1. The number of pyridine rings is 1. The van der Waals surface area contributed by atoms with Crippen molar-refractivity contribution in [2.45, 2.75) is 33.0 Å². The van der Waals surface area contributed by atoms with Crippen molar-refractivity contribution in [1.82, 2.24) is 10.3 Å². The molecule has 0 bridgehead atoms. The molecule has 0 saturated carbocycles. The third kappa shape index (κ3) is 5.53. The number of carbonyl (C=O) groups is 2. The number of aromatic nitrogens is 1. The summed E-state index contributed by atoms with van der Waals surface area (Å²) in [5, 5.41) is 8.57. The Balaban J connectivity index is 2.20. The van der Waals surface area contributed by atoms with Gasteiger partial charge in [-0.05, 0) is 32.9 Å². The lowest BCUT2D eigenvalue weighted by Crippen LogP contribution is -2.49. The standard InChI is InChI=1S/C20H22ClN3O4/c1-20(2,3)28-19(26)17-14(21)9-10-15(24-17)27-11-12-7-5-6-8-13(12)16(22)18(25)23-4/h5-10,22H,11H2,1-4H3,(H,23,25)/p+1. The van der Waals surface area contributed by atoms with E-state index in [-0.39, 0.29) is 34.8 Å². The Morgan fingerprint density at radius 2 is 1.86 bits per heavy atom. The topological polar surface area (TPSA) is 103 Å². The molecule has 0 spiro atoms. The number of rotatable bonds is 6. The van der Waals surface area contributed by atoms with Crippen LogP contribution < -0.4 is 15.5 Å². The predicted molar refractivity (Wildman–Crippen MR) is 105 cm³/mol. The van der Waals surface area contributed by atoms with Gasteiger partial charge in [-0.25, -0.2) is 15.2 Å². The second kappa shape index (κ2) is 8.84. The number of amides is 1. The summed E-state index contributed by atoms with van der Waals surface area (Å²) in [7, 11) is 1.50. The first-order valence-electron chi connectivity index (χ1n) is 8.58. The molecule has 1 amide bonds. The van der Waals surface area contributed by atoms with Gasteiger partial charge in [0.15, 0.2) is 5.69 Å². The van der Waals surface area contributed by atoms with Gasteiger partial charge in [0.25, 0.3) is 5.71 Å². The number of nitrogens with one attached hydrogen (secondary N) is 1. The van der Waals surface area contributed by atoms with Crippen molar-refractivity contribution >= 4 is 29.2 Å². The molecule has 148 valence electrons. The molecular weight excluding hydrogens is 382 g/mol. The van der Waals surface area contributed by atoms with Gasteiger partial charge in [-0.3, -0.25) is 4.79 Å². The summed E-state index contributed by atoms with van der Waals surface area (Å²) in [6.45, 7) is 5.35. The third-order valence-corrected chi connectivity index (χ3v) is 3.87. The molecular formula is C20H23ClN3O4+. The van der Waals surface area contributed by atoms with E-state index in [1.807, 2.05) is 0 Å². The van der Waals surface area contributed by atoms with Gasteiger partial charge in [-0.1, -0.05) is 29.8 Å². The molecule has 2 rings (SSSR count). The minimum Gasteiger partial charge on any atom is -0.473 e. The third-order valence-electron chi connectivity index (χ3n) is 3.57. The second-order valence-electron chi connectivity index (χ2n) is 6.92. The zero-order valence-electron chi connectivity index (χ0n) is 16.2. The average Bonchev–Trinajstić information content (AvgIpc) is 2.65. The Kier molecular flexibility index (Phi) is 6.75. The van der Waals surface area contributed by atoms with E-state index in [1.165, 1.54) is 13.1 Å². The summed E-state index contributed by atoms with van der Waals surface area (Å²) in [6.07, 6.45) is 0. The zero-order valence-corrected chi connectivity index (χ0v) is 17.0. The fourth-order valence-electron chi connectivity index (χ4n) is 2.29. The van der Waals surface area contributed by atoms with E-state index in [1.54, 1.807) is 51.1 Å². The molecule has 1 heterocycles. The predicted octanol–water partition coefficient (Wildman–Crippen LogP) is 1.56. The molecule has 0 atom stereocenters. The van der Waals surface area contributed by atoms with E-state index in [0.29, 0.717) is 11.1 Å². The van der Waals surface area contributed by atoms with Crippen molar-refractivity contribution in [3.05, 3.63) is 58.2 Å². The summed E-state index contributed by atoms with van der Waals surface area (Å²) in [5.41, 5.74) is 0.631. The molecule has 1 aromatic carbocycles. The maximum absolute atomic E-state index is 12.3. The molecule has 3 N–H and O–H groups in total. The number of carbonyl (C=O) groups excluding carboxylic acids is 2. The van der Waals surface area contributed by atoms with Gasteiger partial charge in [-0.15, -0.1) is 0 Å². The van der Waals surface area contributed by atoms with Gasteiger partial charge < -0.3 is 14.8 Å². The van der Waals surface area contributed by atoms with Crippen LogP contribution in [0.5, 0.6) is 5.88 Å². The Bertz CT molecular complexity index is 907. The molecule has 28 heavy (non-hydrogen) atoms. The first-order valence-corrected chi connectivity index (χ1v) is 8.95. The Labute approximate surface area is 168 Å². The van der Waals surface area contributed by atoms with Crippen LogP contribution in [-0.4, -0.2) is 35.2 Å². The van der Waals surface area contributed by atoms with E-state index >= 15 is 0 Å². The van der Waals surface area contributed by atoms with Crippen molar-refractivity contribution < 1.29 is 24.5 Å². The highest BCUT2D eigenvalue weighted by Crippen LogP contribution is 2.22. The molecule has 1 aromatic heterocycles. The minimum atomic E-state index is -0.675. The van der Waals surface area contributed by atoms with Crippen molar-refractivity contribution in [1.29, 1.82) is 0 Å². The summed E-state index contributed by atoms with van der Waals surface area (Å²) in [4.78, 5) is 28.2. The zero-order chi connectivity index (χ0) is 20.9. The molecule has 0 fully saturated rings. The smallest absolute Gasteiger partial charge is 0.359 e. The van der Waals surface area contributed by atoms with E-state index in [9.17, 15) is 9.59 Å². The Morgan fingerprint density at radius 1 is 1.18 bits per heavy atom. The van der Waals surface area contributed by atoms with Crippen LogP contribution in [0.15, 0.2) is 36.4 Å². The van der Waals surface area contributed by atoms with Crippen LogP contribution in [0, 0.1) is 0 Å². The van der Waals surface area contributed by atoms with Crippen LogP contribution in [0.4, 0.5) is 0 Å². The molecule has 0 aliphatic heterocycles. The number of hydrogen-bond donors (Lipinski definition) is 2. The molecule has 0 aliphatic carbocycles. The molecule has 0 saturated heterocycles. The molecule has 7 nitrogen and oxygen atoms in total. The van der Waals surface area contributed by atoms with Crippen LogP contribution in [-0.2, 0) is 16.1 Å². The maximum atomic E-state index is 12.3. The Morgan fingerprint density at radius 3 is 2.50 bits per heavy atom. The van der Waals surface area contributed by atoms with E-state index in [4.69, 9.17) is 26.5 Å². The molecule has 8 heteroatoms. The molecule has 2 aromatic rings. The summed E-state index contributed by atoms with van der Waals surface area (Å²) in [5.74, 6) is -0.830. The largest absolute Gasteiger partial charge is 0.473 e. The minimum absolute atomic E-state index is 0.0289. The normalized spacial score (nSPS) is 10.9. The highest BCUT2D eigenvalue weighted by Gasteiger charge is 2.23. The van der Waals surface area contributed by atoms with Crippen LogP contribution in [0.3, 0.4) is 0 Å². The number of ether oxygens (including phenoxy) is 2. The number of benzene rings is 1. The fourth-order valence-corrected chi connectivity index (χ4v) is 2.47. The summed E-state index contributed by atoms with van der Waals surface area (Å²) in [6, 6.07) is 10.2. The van der Waals surface area contributed by atoms with Crippen molar-refractivity contribution in [2.75, 3.05) is 7.05 Å². The van der Waals surface area contributed by atoms with Crippen LogP contribution in [0.25, 0.3) is 0 Å². The van der Waals surface area contributed by atoms with Crippen LogP contribution >= 0.6 is 11.6 Å². The van der Waals surface area contributed by atoms with Gasteiger partial charge in [0, 0.05) is 18.7 Å². The number of likely N-dealkylation sites (N-methyl/N-ethyl adjacent to an activating group) is 1. The van der Waals surface area contributed by atoms with E-state index in [2.05, 4.69) is 10.3 Å². The van der Waals surface area contributed by atoms with Crippen LogP contribution in [0.2, 0.25) is 5.02 Å². The number of halogens is 1. The van der Waals surface area contributed by atoms with Crippen molar-refractivity contribution in [3.63, 3.8) is 0 Å². The number of hydrogen-bond acceptors (Lipinski definition) is 5. The molecule has 0 aliphatic rings. The van der Waals surface area contributed by atoms with Gasteiger partial charge >= 0.3 is 11.9 Å². The second-order valence-corrected chi connectivity index (χ2v) is 7.33. The fraction of sp³-hybridized carbons (Fsp3) is 0.300. The molecule has 0 unspecified atom stereocenters. The van der Waals surface area contributed by atoms with Crippen molar-refractivity contribution in [3.8, 4) is 5.88 Å². The van der Waals surface area contributed by atoms with Gasteiger partial charge in [-0.2, -0.15) is 0 Å². The van der Waals surface area contributed by atoms with E-state index < -0.39 is 11.6 Å². The van der Waals surface area contributed by atoms with E-state index in [0.717, 1.165) is 0 Å². The molecule has 0 radical (unpaired) electrons.